The summed E-state index contributed by atoms with van der Waals surface area (Å²) in [5.41, 5.74) is 0. The first-order valence-electron chi connectivity index (χ1n) is 7.84. The van der Waals surface area contributed by atoms with Crippen LogP contribution in [0.1, 0.15) is 56.8 Å². The molecule has 2 unspecified atom stereocenters. The Hall–Kier alpha value is -1.13. The summed E-state index contributed by atoms with van der Waals surface area (Å²) in [6, 6.07) is 4.99. The van der Waals surface area contributed by atoms with Crippen molar-refractivity contribution in [2.24, 2.45) is 13.0 Å². The summed E-state index contributed by atoms with van der Waals surface area (Å²) in [7, 11) is 2.06. The largest absolute Gasteiger partial charge is 0.336 e. The van der Waals surface area contributed by atoms with Crippen LogP contribution in [0.5, 0.6) is 0 Å². The summed E-state index contributed by atoms with van der Waals surface area (Å²) in [5.74, 6) is 1.88. The molecule has 0 aromatic carbocycles. The number of nitrogens with zero attached hydrogens (tertiary/aromatic N) is 2. The van der Waals surface area contributed by atoms with E-state index in [2.05, 4.69) is 60.2 Å². The summed E-state index contributed by atoms with van der Waals surface area (Å²) in [6.45, 7) is 6.87. The molecule has 0 amide bonds. The summed E-state index contributed by atoms with van der Waals surface area (Å²) < 4.78 is 2.11. The molecule has 21 heavy (non-hydrogen) atoms. The molecular formula is C17H27N3S. The molecule has 0 fully saturated rings. The third-order valence-corrected chi connectivity index (χ3v) is 4.75. The number of aryl methyl sites for hydroxylation is 1. The maximum absolute atomic E-state index is 4.54. The van der Waals surface area contributed by atoms with Crippen LogP contribution in [0.2, 0.25) is 0 Å². The van der Waals surface area contributed by atoms with Gasteiger partial charge in [-0.1, -0.05) is 32.8 Å². The Morgan fingerprint density at radius 1 is 1.29 bits per heavy atom. The van der Waals surface area contributed by atoms with Crippen molar-refractivity contribution < 1.29 is 0 Å². The third-order valence-electron chi connectivity index (χ3n) is 3.81. The second kappa shape index (κ2) is 7.76. The normalized spacial score (nSPS) is 14.5. The van der Waals surface area contributed by atoms with Crippen LogP contribution in [0.15, 0.2) is 29.9 Å². The van der Waals surface area contributed by atoms with E-state index in [4.69, 9.17) is 0 Å². The van der Waals surface area contributed by atoms with Crippen LogP contribution < -0.4 is 5.32 Å². The minimum absolute atomic E-state index is 0.194. The Morgan fingerprint density at radius 3 is 2.67 bits per heavy atom. The molecule has 2 aromatic heterocycles. The van der Waals surface area contributed by atoms with Gasteiger partial charge in [0.05, 0.1) is 0 Å². The fourth-order valence-corrected chi connectivity index (χ4v) is 3.38. The lowest BCUT2D eigenvalue weighted by atomic mass is 10.0. The van der Waals surface area contributed by atoms with Gasteiger partial charge >= 0.3 is 0 Å². The molecule has 0 radical (unpaired) electrons. The molecule has 0 saturated heterocycles. The van der Waals surface area contributed by atoms with Gasteiger partial charge < -0.3 is 9.88 Å². The van der Waals surface area contributed by atoms with Crippen LogP contribution in [0.25, 0.3) is 0 Å². The van der Waals surface area contributed by atoms with Crippen LogP contribution in [-0.4, -0.2) is 15.6 Å². The quantitative estimate of drug-likeness (QED) is 0.784. The molecule has 0 bridgehead atoms. The SMILES string of the molecule is CC(C)CCCC(C)NC(c1cccs1)c1nccn1C. The maximum Gasteiger partial charge on any atom is 0.131 e. The highest BCUT2D eigenvalue weighted by Gasteiger charge is 2.21. The van der Waals surface area contributed by atoms with Gasteiger partial charge in [0.15, 0.2) is 0 Å². The van der Waals surface area contributed by atoms with E-state index in [1.807, 2.05) is 12.4 Å². The first-order valence-corrected chi connectivity index (χ1v) is 8.72. The van der Waals surface area contributed by atoms with Gasteiger partial charge in [0, 0.05) is 30.4 Å². The molecule has 2 atom stereocenters. The van der Waals surface area contributed by atoms with Gasteiger partial charge in [-0.2, -0.15) is 0 Å². The van der Waals surface area contributed by atoms with Crippen molar-refractivity contribution in [3.8, 4) is 0 Å². The molecule has 0 aliphatic heterocycles. The smallest absolute Gasteiger partial charge is 0.131 e. The second-order valence-corrected chi connectivity index (χ2v) is 7.22. The van der Waals surface area contributed by atoms with Crippen molar-refractivity contribution in [3.05, 3.63) is 40.6 Å². The highest BCUT2D eigenvalue weighted by molar-refractivity contribution is 7.10. The van der Waals surface area contributed by atoms with Crippen LogP contribution in [0.4, 0.5) is 0 Å². The number of aromatic nitrogens is 2. The van der Waals surface area contributed by atoms with Crippen LogP contribution >= 0.6 is 11.3 Å². The average Bonchev–Trinajstić information content (AvgIpc) is 3.07. The lowest BCUT2D eigenvalue weighted by molar-refractivity contribution is 0.425. The first-order chi connectivity index (χ1) is 10.1. The number of imidazole rings is 1. The van der Waals surface area contributed by atoms with E-state index in [1.54, 1.807) is 11.3 Å². The standard InChI is InChI=1S/C17H27N3S/c1-13(2)7-5-8-14(3)19-16(15-9-6-12-21-15)17-18-10-11-20(17)4/h6,9-14,16,19H,5,7-8H2,1-4H3. The zero-order chi connectivity index (χ0) is 15.2. The molecular weight excluding hydrogens is 278 g/mol. The molecule has 2 heterocycles. The number of rotatable bonds is 8. The molecule has 0 saturated carbocycles. The van der Waals surface area contributed by atoms with Crippen molar-refractivity contribution in [1.29, 1.82) is 0 Å². The molecule has 0 aliphatic rings. The van der Waals surface area contributed by atoms with Gasteiger partial charge in [-0.15, -0.1) is 11.3 Å². The van der Waals surface area contributed by atoms with Gasteiger partial charge in [0.2, 0.25) is 0 Å². The molecule has 2 aromatic rings. The second-order valence-electron chi connectivity index (χ2n) is 6.24. The highest BCUT2D eigenvalue weighted by Crippen LogP contribution is 2.25. The lowest BCUT2D eigenvalue weighted by Gasteiger charge is -2.22. The first kappa shape index (κ1) is 16.2. The van der Waals surface area contributed by atoms with Crippen LogP contribution in [0, 0.1) is 5.92 Å². The van der Waals surface area contributed by atoms with Crippen molar-refractivity contribution in [2.45, 2.75) is 52.1 Å². The highest BCUT2D eigenvalue weighted by atomic mass is 32.1. The number of nitrogens with one attached hydrogen (secondary N) is 1. The van der Waals surface area contributed by atoms with Gasteiger partial charge in [-0.3, -0.25) is 0 Å². The predicted octanol–water partition coefficient (Wildman–Crippen LogP) is 4.38. The average molecular weight is 305 g/mol. The zero-order valence-corrected chi connectivity index (χ0v) is 14.4. The molecule has 3 nitrogen and oxygen atoms in total. The summed E-state index contributed by atoms with van der Waals surface area (Å²) in [5, 5.41) is 5.90. The molecule has 0 spiro atoms. The Morgan fingerprint density at radius 2 is 2.10 bits per heavy atom. The number of hydrogen-bond acceptors (Lipinski definition) is 3. The zero-order valence-electron chi connectivity index (χ0n) is 13.5. The van der Waals surface area contributed by atoms with Crippen LogP contribution in [-0.2, 0) is 7.05 Å². The summed E-state index contributed by atoms with van der Waals surface area (Å²) in [4.78, 5) is 5.87. The van der Waals surface area contributed by atoms with E-state index in [9.17, 15) is 0 Å². The molecule has 2 rings (SSSR count). The van der Waals surface area contributed by atoms with Gasteiger partial charge in [-0.05, 0) is 30.7 Å². The maximum atomic E-state index is 4.54. The summed E-state index contributed by atoms with van der Waals surface area (Å²) in [6.07, 6.45) is 7.69. The fraction of sp³-hybridized carbons (Fsp3) is 0.588. The van der Waals surface area contributed by atoms with E-state index < -0.39 is 0 Å². The number of thiophene rings is 1. The number of hydrogen-bond donors (Lipinski definition) is 1. The van der Waals surface area contributed by atoms with E-state index in [0.717, 1.165) is 11.7 Å². The van der Waals surface area contributed by atoms with Crippen LogP contribution in [0.3, 0.4) is 0 Å². The van der Waals surface area contributed by atoms with Gasteiger partial charge in [-0.25, -0.2) is 4.98 Å². The van der Waals surface area contributed by atoms with Crippen molar-refractivity contribution in [2.75, 3.05) is 0 Å². The van der Waals surface area contributed by atoms with Crippen molar-refractivity contribution in [3.63, 3.8) is 0 Å². The van der Waals surface area contributed by atoms with E-state index in [0.29, 0.717) is 6.04 Å². The fourth-order valence-electron chi connectivity index (χ4n) is 2.59. The topological polar surface area (TPSA) is 29.9 Å². The molecule has 1 N–H and O–H groups in total. The summed E-state index contributed by atoms with van der Waals surface area (Å²) >= 11 is 1.79. The minimum Gasteiger partial charge on any atom is -0.336 e. The Kier molecular flexibility index (Phi) is 6.00. The van der Waals surface area contributed by atoms with E-state index >= 15 is 0 Å². The van der Waals surface area contributed by atoms with Gasteiger partial charge in [0.25, 0.3) is 0 Å². The predicted molar refractivity (Wildman–Crippen MR) is 90.7 cm³/mol. The third kappa shape index (κ3) is 4.68. The monoisotopic (exact) mass is 305 g/mol. The molecule has 116 valence electrons. The molecule has 0 aliphatic carbocycles. The van der Waals surface area contributed by atoms with E-state index in [-0.39, 0.29) is 6.04 Å². The lowest BCUT2D eigenvalue weighted by Crippen LogP contribution is -2.32. The van der Waals surface area contributed by atoms with Crippen molar-refractivity contribution >= 4 is 11.3 Å². The van der Waals surface area contributed by atoms with Crippen molar-refractivity contribution in [1.82, 2.24) is 14.9 Å². The minimum atomic E-state index is 0.194. The Labute approximate surface area is 132 Å². The molecule has 4 heteroatoms. The Bertz CT molecular complexity index is 516. The van der Waals surface area contributed by atoms with E-state index in [1.165, 1.54) is 24.1 Å². The Balaban J connectivity index is 2.02. The van der Waals surface area contributed by atoms with Gasteiger partial charge in [0.1, 0.15) is 11.9 Å².